The summed E-state index contributed by atoms with van der Waals surface area (Å²) in [5, 5.41) is 32.7. The first-order valence-corrected chi connectivity index (χ1v) is 11.3. The highest BCUT2D eigenvalue weighted by Gasteiger charge is 2.40. The number of rotatable bonds is 5. The number of halogens is 1. The fraction of sp³-hybridized carbons (Fsp3) is 0.300. The van der Waals surface area contributed by atoms with E-state index in [2.05, 4.69) is 27.3 Å². The predicted octanol–water partition coefficient (Wildman–Crippen LogP) is 3.14. The van der Waals surface area contributed by atoms with Gasteiger partial charge < -0.3 is 15.5 Å². The lowest BCUT2D eigenvalue weighted by atomic mass is 9.65. The maximum atomic E-state index is 12.9. The van der Waals surface area contributed by atoms with E-state index in [4.69, 9.17) is 0 Å². The van der Waals surface area contributed by atoms with Gasteiger partial charge in [-0.05, 0) is 55.2 Å². The average molecular weight is 479 g/mol. The van der Waals surface area contributed by atoms with Crippen LogP contribution in [0.2, 0.25) is 0 Å². The lowest BCUT2D eigenvalue weighted by Gasteiger charge is -2.36. The van der Waals surface area contributed by atoms with Gasteiger partial charge in [0.15, 0.2) is 9.84 Å². The summed E-state index contributed by atoms with van der Waals surface area (Å²) in [6, 6.07) is 9.21. The molecule has 0 saturated heterocycles. The molecule has 0 atom stereocenters. The van der Waals surface area contributed by atoms with Gasteiger partial charge in [0.1, 0.15) is 16.4 Å². The molecule has 0 bridgehead atoms. The van der Waals surface area contributed by atoms with Crippen LogP contribution < -0.4 is 5.32 Å². The van der Waals surface area contributed by atoms with Crippen LogP contribution in [0.1, 0.15) is 40.7 Å². The van der Waals surface area contributed by atoms with Crippen LogP contribution in [0.25, 0.3) is 0 Å². The number of hydrogen-bond donors (Lipinski definition) is 3. The number of hydrogen-bond acceptors (Lipinski definition) is 6. The van der Waals surface area contributed by atoms with Crippen LogP contribution in [0, 0.1) is 11.3 Å². The van der Waals surface area contributed by atoms with Gasteiger partial charge in [-0.1, -0.05) is 15.9 Å². The van der Waals surface area contributed by atoms with E-state index in [-0.39, 0.29) is 16.0 Å². The molecule has 1 fully saturated rings. The third-order valence-electron chi connectivity index (χ3n) is 5.24. The molecule has 0 unspecified atom stereocenters. The molecular formula is C20H19BrN2O5S. The molecule has 1 saturated carbocycles. The Morgan fingerprint density at radius 3 is 2.52 bits per heavy atom. The van der Waals surface area contributed by atoms with Gasteiger partial charge in [-0.3, -0.25) is 4.79 Å². The molecule has 0 spiro atoms. The van der Waals surface area contributed by atoms with Crippen molar-refractivity contribution in [1.29, 1.82) is 5.26 Å². The Morgan fingerprint density at radius 2 is 1.97 bits per heavy atom. The topological polar surface area (TPSA) is 127 Å². The Kier molecular flexibility index (Phi) is 5.61. The summed E-state index contributed by atoms with van der Waals surface area (Å²) in [6.45, 7) is 0. The largest absolute Gasteiger partial charge is 0.507 e. The molecular weight excluding hydrogens is 460 g/mol. The van der Waals surface area contributed by atoms with Crippen molar-refractivity contribution < 1.29 is 23.4 Å². The Bertz CT molecular complexity index is 1130. The molecule has 1 aliphatic carbocycles. The van der Waals surface area contributed by atoms with Gasteiger partial charge in [0.25, 0.3) is 5.91 Å². The van der Waals surface area contributed by atoms with Crippen LogP contribution in [-0.4, -0.2) is 31.6 Å². The Balaban J connectivity index is 2.14. The zero-order valence-corrected chi connectivity index (χ0v) is 18.0. The molecule has 0 aromatic heterocycles. The Labute approximate surface area is 177 Å². The minimum atomic E-state index is -4.05. The van der Waals surface area contributed by atoms with Gasteiger partial charge in [-0.25, -0.2) is 8.42 Å². The summed E-state index contributed by atoms with van der Waals surface area (Å²) in [4.78, 5) is 12.0. The molecule has 9 heteroatoms. The van der Waals surface area contributed by atoms with Crippen LogP contribution >= 0.6 is 15.9 Å². The van der Waals surface area contributed by atoms with Crippen LogP contribution in [0.15, 0.2) is 39.7 Å². The van der Waals surface area contributed by atoms with Crippen molar-refractivity contribution in [3.05, 3.63) is 51.5 Å². The molecule has 152 valence electrons. The second-order valence-corrected chi connectivity index (χ2v) is 9.90. The SMILES string of the molecule is CNC(=O)c1cc(C2(C#N)CCC2)cc(CS(=O)(=O)c2cc(Br)ccc2O)c1O. The number of sulfone groups is 1. The number of benzene rings is 2. The van der Waals surface area contributed by atoms with E-state index in [1.54, 1.807) is 0 Å². The molecule has 2 aromatic rings. The molecule has 1 aliphatic rings. The zero-order valence-electron chi connectivity index (χ0n) is 15.6. The number of nitrogens with one attached hydrogen (secondary N) is 1. The quantitative estimate of drug-likeness (QED) is 0.605. The summed E-state index contributed by atoms with van der Waals surface area (Å²) in [5.74, 6) is -2.09. The molecule has 3 N–H and O–H groups in total. The van der Waals surface area contributed by atoms with Crippen LogP contribution in [-0.2, 0) is 21.0 Å². The molecule has 0 radical (unpaired) electrons. The highest BCUT2D eigenvalue weighted by atomic mass is 79.9. The molecule has 0 aliphatic heterocycles. The number of nitriles is 1. The number of amides is 1. The van der Waals surface area contributed by atoms with E-state index in [1.807, 2.05) is 0 Å². The van der Waals surface area contributed by atoms with Crippen molar-refractivity contribution in [2.24, 2.45) is 0 Å². The van der Waals surface area contributed by atoms with E-state index >= 15 is 0 Å². The average Bonchev–Trinajstić information content (AvgIpc) is 2.64. The van der Waals surface area contributed by atoms with E-state index in [1.165, 1.54) is 37.4 Å². The summed E-state index contributed by atoms with van der Waals surface area (Å²) in [7, 11) is -2.65. The molecule has 3 rings (SSSR count). The highest BCUT2D eigenvalue weighted by Crippen LogP contribution is 2.45. The van der Waals surface area contributed by atoms with Gasteiger partial charge in [0.2, 0.25) is 0 Å². The minimum absolute atomic E-state index is 0.00185. The summed E-state index contributed by atoms with van der Waals surface area (Å²) in [5.41, 5.74) is -0.379. The van der Waals surface area contributed by atoms with E-state index in [0.717, 1.165) is 6.42 Å². The minimum Gasteiger partial charge on any atom is -0.507 e. The number of carbonyl (C=O) groups is 1. The standard InChI is InChI=1S/C20H19BrN2O5S/c1-23-19(26)15-8-13(20(11-22)5-2-6-20)7-12(18(15)25)10-29(27,28)17-9-14(21)3-4-16(17)24/h3-4,7-9,24-25H,2,5-6,10H2,1H3,(H,23,26). The number of phenols is 2. The molecule has 7 nitrogen and oxygen atoms in total. The van der Waals surface area contributed by atoms with Gasteiger partial charge in [-0.2, -0.15) is 5.26 Å². The maximum absolute atomic E-state index is 12.9. The van der Waals surface area contributed by atoms with E-state index < -0.39 is 38.4 Å². The third-order valence-corrected chi connectivity index (χ3v) is 7.42. The Morgan fingerprint density at radius 1 is 1.28 bits per heavy atom. The van der Waals surface area contributed by atoms with Crippen LogP contribution in [0.3, 0.4) is 0 Å². The van der Waals surface area contributed by atoms with Gasteiger partial charge >= 0.3 is 0 Å². The number of nitrogens with zero attached hydrogens (tertiary/aromatic N) is 1. The number of aromatic hydroxyl groups is 2. The molecule has 1 amide bonds. The van der Waals surface area contributed by atoms with E-state index in [9.17, 15) is 28.7 Å². The molecule has 2 aromatic carbocycles. The fourth-order valence-corrected chi connectivity index (χ4v) is 5.39. The van der Waals surface area contributed by atoms with Gasteiger partial charge in [0.05, 0.1) is 22.8 Å². The zero-order chi connectivity index (χ0) is 21.4. The summed E-state index contributed by atoms with van der Waals surface area (Å²) < 4.78 is 26.3. The van der Waals surface area contributed by atoms with Crippen molar-refractivity contribution in [2.75, 3.05) is 7.05 Å². The first-order chi connectivity index (χ1) is 13.6. The van der Waals surface area contributed by atoms with Crippen molar-refractivity contribution in [3.8, 4) is 17.6 Å². The van der Waals surface area contributed by atoms with Crippen molar-refractivity contribution >= 4 is 31.7 Å². The fourth-order valence-electron chi connectivity index (χ4n) is 3.40. The van der Waals surface area contributed by atoms with Crippen molar-refractivity contribution in [2.45, 2.75) is 35.3 Å². The third kappa shape index (κ3) is 3.82. The summed E-state index contributed by atoms with van der Waals surface area (Å²) >= 11 is 3.18. The van der Waals surface area contributed by atoms with Gasteiger partial charge in [0, 0.05) is 17.1 Å². The highest BCUT2D eigenvalue weighted by molar-refractivity contribution is 9.10. The second-order valence-electron chi connectivity index (χ2n) is 7.03. The first kappa shape index (κ1) is 21.1. The normalized spacial score (nSPS) is 15.2. The predicted molar refractivity (Wildman–Crippen MR) is 109 cm³/mol. The van der Waals surface area contributed by atoms with Crippen molar-refractivity contribution in [1.82, 2.24) is 5.32 Å². The van der Waals surface area contributed by atoms with Gasteiger partial charge in [-0.15, -0.1) is 0 Å². The molecule has 0 heterocycles. The number of phenolic OH excluding ortho intramolecular Hbond substituents is 2. The second kappa shape index (κ2) is 7.69. The maximum Gasteiger partial charge on any atom is 0.254 e. The van der Waals surface area contributed by atoms with E-state index in [0.29, 0.717) is 22.9 Å². The number of carbonyl (C=O) groups excluding carboxylic acids is 1. The summed E-state index contributed by atoms with van der Waals surface area (Å²) in [6.07, 6.45) is 2.05. The molecule has 29 heavy (non-hydrogen) atoms. The smallest absolute Gasteiger partial charge is 0.254 e. The van der Waals surface area contributed by atoms with Crippen LogP contribution in [0.4, 0.5) is 0 Å². The Hall–Kier alpha value is -2.57. The lowest BCUT2D eigenvalue weighted by molar-refractivity contribution is 0.0960. The lowest BCUT2D eigenvalue weighted by Crippen LogP contribution is -2.33. The monoisotopic (exact) mass is 478 g/mol. The van der Waals surface area contributed by atoms with Crippen LogP contribution in [0.5, 0.6) is 11.5 Å². The van der Waals surface area contributed by atoms with Crippen molar-refractivity contribution in [3.63, 3.8) is 0 Å². The first-order valence-electron chi connectivity index (χ1n) is 8.84.